The molecular weight excluding hydrogens is 138 g/mol. The van der Waals surface area contributed by atoms with E-state index in [9.17, 15) is 4.79 Å². The third-order valence-corrected chi connectivity index (χ3v) is 1.73. The molecule has 0 atom stereocenters. The summed E-state index contributed by atoms with van der Waals surface area (Å²) in [5.41, 5.74) is 8.38. The van der Waals surface area contributed by atoms with Crippen LogP contribution in [0.4, 0.5) is 5.69 Å². The zero-order valence-electron chi connectivity index (χ0n) is 6.50. The molecule has 2 heteroatoms. The van der Waals surface area contributed by atoms with Crippen LogP contribution in [0, 0.1) is 6.92 Å². The van der Waals surface area contributed by atoms with E-state index >= 15 is 0 Å². The Morgan fingerprint density at radius 2 is 2.27 bits per heavy atom. The quantitative estimate of drug-likeness (QED) is 0.509. The summed E-state index contributed by atoms with van der Waals surface area (Å²) in [6.45, 7) is 1.95. The van der Waals surface area contributed by atoms with E-state index in [1.165, 1.54) is 0 Å². The molecule has 1 rings (SSSR count). The molecule has 0 aliphatic heterocycles. The average Bonchev–Trinajstić information content (AvgIpc) is 1.97. The minimum Gasteiger partial charge on any atom is -0.398 e. The standard InChI is InChI=1S/C9H11NO/c1-7-3-2-4-9(10)8(7)5-6-11/h2-4,6H,5,10H2,1H3. The van der Waals surface area contributed by atoms with Crippen molar-refractivity contribution in [1.82, 2.24) is 0 Å². The fraction of sp³-hybridized carbons (Fsp3) is 0.222. The van der Waals surface area contributed by atoms with E-state index in [2.05, 4.69) is 0 Å². The number of hydrogen-bond donors (Lipinski definition) is 1. The predicted molar refractivity (Wildman–Crippen MR) is 45.4 cm³/mol. The molecule has 0 radical (unpaired) electrons. The van der Waals surface area contributed by atoms with Gasteiger partial charge in [-0.3, -0.25) is 0 Å². The highest BCUT2D eigenvalue weighted by atomic mass is 16.1. The van der Waals surface area contributed by atoms with Gasteiger partial charge in [-0.25, -0.2) is 0 Å². The summed E-state index contributed by atoms with van der Waals surface area (Å²) in [7, 11) is 0. The van der Waals surface area contributed by atoms with Crippen molar-refractivity contribution in [2.75, 3.05) is 5.73 Å². The van der Waals surface area contributed by atoms with Gasteiger partial charge in [-0.15, -0.1) is 0 Å². The van der Waals surface area contributed by atoms with Crippen molar-refractivity contribution in [2.45, 2.75) is 13.3 Å². The van der Waals surface area contributed by atoms with Crippen LogP contribution in [0.15, 0.2) is 18.2 Å². The number of aryl methyl sites for hydroxylation is 1. The van der Waals surface area contributed by atoms with Crippen molar-refractivity contribution in [3.8, 4) is 0 Å². The van der Waals surface area contributed by atoms with Gasteiger partial charge in [0.05, 0.1) is 0 Å². The first kappa shape index (κ1) is 7.79. The van der Waals surface area contributed by atoms with Crippen molar-refractivity contribution < 1.29 is 4.79 Å². The Labute approximate surface area is 66.0 Å². The lowest BCUT2D eigenvalue weighted by atomic mass is 10.0. The van der Waals surface area contributed by atoms with Crippen molar-refractivity contribution in [2.24, 2.45) is 0 Å². The number of aldehydes is 1. The van der Waals surface area contributed by atoms with E-state index in [0.29, 0.717) is 12.1 Å². The van der Waals surface area contributed by atoms with Crippen LogP contribution in [0.25, 0.3) is 0 Å². The van der Waals surface area contributed by atoms with Crippen LogP contribution in [-0.2, 0) is 11.2 Å². The summed E-state index contributed by atoms with van der Waals surface area (Å²) in [5.74, 6) is 0. The van der Waals surface area contributed by atoms with Crippen molar-refractivity contribution in [3.05, 3.63) is 29.3 Å². The van der Waals surface area contributed by atoms with Gasteiger partial charge in [-0.05, 0) is 24.1 Å². The first-order chi connectivity index (χ1) is 5.25. The van der Waals surface area contributed by atoms with Crippen LogP contribution in [0.1, 0.15) is 11.1 Å². The number of carbonyl (C=O) groups is 1. The second-order valence-electron chi connectivity index (χ2n) is 2.51. The minimum absolute atomic E-state index is 0.415. The Morgan fingerprint density at radius 3 is 2.82 bits per heavy atom. The topological polar surface area (TPSA) is 43.1 Å². The van der Waals surface area contributed by atoms with Crippen LogP contribution in [-0.4, -0.2) is 6.29 Å². The fourth-order valence-corrected chi connectivity index (χ4v) is 1.09. The molecule has 0 amide bonds. The largest absolute Gasteiger partial charge is 0.398 e. The lowest BCUT2D eigenvalue weighted by molar-refractivity contribution is -0.107. The lowest BCUT2D eigenvalue weighted by Gasteiger charge is -2.04. The van der Waals surface area contributed by atoms with E-state index in [0.717, 1.165) is 17.4 Å². The highest BCUT2D eigenvalue weighted by molar-refractivity contribution is 5.63. The predicted octanol–water partition coefficient (Wildman–Crippen LogP) is 1.32. The molecule has 0 heterocycles. The Balaban J connectivity index is 3.09. The van der Waals surface area contributed by atoms with Gasteiger partial charge in [0.25, 0.3) is 0 Å². The van der Waals surface area contributed by atoms with E-state index in [-0.39, 0.29) is 0 Å². The second-order valence-corrected chi connectivity index (χ2v) is 2.51. The van der Waals surface area contributed by atoms with Crippen molar-refractivity contribution in [3.63, 3.8) is 0 Å². The molecule has 2 N–H and O–H groups in total. The van der Waals surface area contributed by atoms with E-state index in [1.54, 1.807) is 0 Å². The maximum absolute atomic E-state index is 10.2. The zero-order chi connectivity index (χ0) is 8.27. The number of benzene rings is 1. The number of carbonyl (C=O) groups excluding carboxylic acids is 1. The molecule has 0 fully saturated rings. The molecule has 0 unspecified atom stereocenters. The lowest BCUT2D eigenvalue weighted by Crippen LogP contribution is -1.97. The molecular formula is C9H11NO. The van der Waals surface area contributed by atoms with Crippen LogP contribution >= 0.6 is 0 Å². The van der Waals surface area contributed by atoms with Gasteiger partial charge in [-0.1, -0.05) is 12.1 Å². The zero-order valence-corrected chi connectivity index (χ0v) is 6.50. The first-order valence-corrected chi connectivity index (χ1v) is 3.53. The number of anilines is 1. The SMILES string of the molecule is Cc1cccc(N)c1CC=O. The third kappa shape index (κ3) is 1.58. The van der Waals surface area contributed by atoms with Gasteiger partial charge in [0.1, 0.15) is 6.29 Å². The molecule has 2 nitrogen and oxygen atoms in total. The molecule has 0 aliphatic carbocycles. The maximum atomic E-state index is 10.2. The maximum Gasteiger partial charge on any atom is 0.124 e. The van der Waals surface area contributed by atoms with Crippen molar-refractivity contribution in [1.29, 1.82) is 0 Å². The van der Waals surface area contributed by atoms with Crippen LogP contribution in [0.2, 0.25) is 0 Å². The Hall–Kier alpha value is -1.31. The van der Waals surface area contributed by atoms with E-state index in [4.69, 9.17) is 5.73 Å². The first-order valence-electron chi connectivity index (χ1n) is 3.53. The number of nitrogens with two attached hydrogens (primary N) is 1. The monoisotopic (exact) mass is 149 g/mol. The molecule has 0 saturated heterocycles. The van der Waals surface area contributed by atoms with Gasteiger partial charge in [0.15, 0.2) is 0 Å². The normalized spacial score (nSPS) is 9.55. The molecule has 0 aliphatic rings. The summed E-state index contributed by atoms with van der Waals surface area (Å²) in [6.07, 6.45) is 1.29. The molecule has 0 saturated carbocycles. The molecule has 1 aromatic carbocycles. The van der Waals surface area contributed by atoms with Gasteiger partial charge >= 0.3 is 0 Å². The van der Waals surface area contributed by atoms with Gasteiger partial charge < -0.3 is 10.5 Å². The van der Waals surface area contributed by atoms with Crippen LogP contribution in [0.3, 0.4) is 0 Å². The van der Waals surface area contributed by atoms with E-state index in [1.807, 2.05) is 25.1 Å². The van der Waals surface area contributed by atoms with Crippen molar-refractivity contribution >= 4 is 12.0 Å². The minimum atomic E-state index is 0.415. The summed E-state index contributed by atoms with van der Waals surface area (Å²) >= 11 is 0. The van der Waals surface area contributed by atoms with Gasteiger partial charge in [-0.2, -0.15) is 0 Å². The van der Waals surface area contributed by atoms with Gasteiger partial charge in [0.2, 0.25) is 0 Å². The number of hydrogen-bond acceptors (Lipinski definition) is 2. The molecule has 58 valence electrons. The average molecular weight is 149 g/mol. The molecule has 0 aromatic heterocycles. The summed E-state index contributed by atoms with van der Waals surface area (Å²) < 4.78 is 0. The summed E-state index contributed by atoms with van der Waals surface area (Å²) in [4.78, 5) is 10.2. The van der Waals surface area contributed by atoms with Gasteiger partial charge in [0, 0.05) is 12.1 Å². The Morgan fingerprint density at radius 1 is 1.55 bits per heavy atom. The Bertz CT molecular complexity index is 248. The fourth-order valence-electron chi connectivity index (χ4n) is 1.09. The smallest absolute Gasteiger partial charge is 0.124 e. The molecule has 1 aromatic rings. The molecule has 0 bridgehead atoms. The number of nitrogen functional groups attached to an aromatic ring is 1. The third-order valence-electron chi connectivity index (χ3n) is 1.73. The van der Waals surface area contributed by atoms with Crippen LogP contribution < -0.4 is 5.73 Å². The number of rotatable bonds is 2. The molecule has 0 spiro atoms. The Kier molecular flexibility index (Phi) is 2.26. The summed E-state index contributed by atoms with van der Waals surface area (Å²) in [6, 6.07) is 5.65. The van der Waals surface area contributed by atoms with E-state index < -0.39 is 0 Å². The van der Waals surface area contributed by atoms with Crippen LogP contribution in [0.5, 0.6) is 0 Å². The highest BCUT2D eigenvalue weighted by Gasteiger charge is 1.99. The molecule has 11 heavy (non-hydrogen) atoms. The second kappa shape index (κ2) is 3.19. The highest BCUT2D eigenvalue weighted by Crippen LogP contribution is 2.15. The summed E-state index contributed by atoms with van der Waals surface area (Å²) in [5, 5.41) is 0.